The molecule has 2 aromatic carbocycles. The van der Waals surface area contributed by atoms with Gasteiger partial charge in [-0.25, -0.2) is 4.39 Å². The molecule has 0 bridgehead atoms. The maximum Gasteiger partial charge on any atom is 0.126 e. The lowest BCUT2D eigenvalue weighted by Gasteiger charge is -2.13. The Morgan fingerprint density at radius 3 is 2.53 bits per heavy atom. The fourth-order valence-corrected chi connectivity index (χ4v) is 2.46. The van der Waals surface area contributed by atoms with Crippen LogP contribution in [0.25, 0.3) is 0 Å². The van der Waals surface area contributed by atoms with E-state index in [2.05, 4.69) is 15.9 Å². The molecule has 0 amide bonds. The maximum absolute atomic E-state index is 13.6. The number of hydrogen-bond donors (Lipinski definition) is 1. The highest BCUT2D eigenvalue weighted by atomic mass is 79.9. The van der Waals surface area contributed by atoms with Crippen molar-refractivity contribution in [3.05, 3.63) is 67.9 Å². The molecule has 1 nitrogen and oxygen atoms in total. The lowest BCUT2D eigenvalue weighted by atomic mass is 10.0. The number of benzene rings is 2. The van der Waals surface area contributed by atoms with E-state index in [0.717, 1.165) is 4.47 Å². The Kier molecular flexibility index (Phi) is 4.85. The normalized spacial score (nSPS) is 12.5. The second-order valence-corrected chi connectivity index (χ2v) is 5.86. The van der Waals surface area contributed by atoms with E-state index in [9.17, 15) is 9.50 Å². The summed E-state index contributed by atoms with van der Waals surface area (Å²) >= 11 is 15.0. The third kappa shape index (κ3) is 3.69. The molecule has 0 radical (unpaired) electrons. The van der Waals surface area contributed by atoms with E-state index in [4.69, 9.17) is 23.2 Å². The van der Waals surface area contributed by atoms with Gasteiger partial charge in [-0.05, 0) is 41.5 Å². The highest BCUT2D eigenvalue weighted by Crippen LogP contribution is 2.28. The number of hydrogen-bond acceptors (Lipinski definition) is 1. The fraction of sp³-hybridized carbons (Fsp3) is 0.143. The fourth-order valence-electron chi connectivity index (χ4n) is 1.75. The monoisotopic (exact) mass is 362 g/mol. The molecule has 0 aliphatic rings. The number of aliphatic hydroxyl groups is 1. The first kappa shape index (κ1) is 14.8. The smallest absolute Gasteiger partial charge is 0.126 e. The van der Waals surface area contributed by atoms with Gasteiger partial charge in [-0.15, -0.1) is 0 Å². The van der Waals surface area contributed by atoms with Crippen LogP contribution < -0.4 is 0 Å². The van der Waals surface area contributed by atoms with Crippen molar-refractivity contribution in [3.8, 4) is 0 Å². The van der Waals surface area contributed by atoms with Crippen molar-refractivity contribution >= 4 is 39.1 Å². The zero-order valence-electron chi connectivity index (χ0n) is 9.71. The lowest BCUT2D eigenvalue weighted by molar-refractivity contribution is 0.177. The van der Waals surface area contributed by atoms with Gasteiger partial charge in [-0.2, -0.15) is 0 Å². The molecule has 0 fully saturated rings. The van der Waals surface area contributed by atoms with Crippen molar-refractivity contribution in [1.29, 1.82) is 0 Å². The predicted octanol–water partition coefficient (Wildman–Crippen LogP) is 5.17. The molecule has 1 atom stereocenters. The van der Waals surface area contributed by atoms with Crippen LogP contribution in [-0.4, -0.2) is 5.11 Å². The Hall–Kier alpha value is -0.610. The van der Waals surface area contributed by atoms with E-state index < -0.39 is 6.10 Å². The van der Waals surface area contributed by atoms with E-state index in [0.29, 0.717) is 21.2 Å². The van der Waals surface area contributed by atoms with Gasteiger partial charge in [0.25, 0.3) is 0 Å². The SMILES string of the molecule is OC(Cc1cc(Br)ccc1F)c1ccc(Cl)c(Cl)c1. The first-order valence-electron chi connectivity index (χ1n) is 5.54. The summed E-state index contributed by atoms with van der Waals surface area (Å²) in [7, 11) is 0. The second-order valence-electron chi connectivity index (χ2n) is 4.13. The van der Waals surface area contributed by atoms with Gasteiger partial charge in [0, 0.05) is 10.9 Å². The van der Waals surface area contributed by atoms with Gasteiger partial charge < -0.3 is 5.11 Å². The Bertz CT molecular complexity index is 604. The number of rotatable bonds is 3. The van der Waals surface area contributed by atoms with E-state index in [1.54, 1.807) is 30.3 Å². The molecule has 0 aliphatic carbocycles. The summed E-state index contributed by atoms with van der Waals surface area (Å²) in [5.74, 6) is -0.345. The van der Waals surface area contributed by atoms with Crippen molar-refractivity contribution in [2.45, 2.75) is 12.5 Å². The number of halogens is 4. The molecule has 0 heterocycles. The van der Waals surface area contributed by atoms with E-state index in [1.807, 2.05) is 0 Å². The minimum atomic E-state index is -0.835. The molecule has 0 aromatic heterocycles. The average Bonchev–Trinajstić information content (AvgIpc) is 2.37. The van der Waals surface area contributed by atoms with Crippen LogP contribution in [0.15, 0.2) is 40.9 Å². The molecule has 2 aromatic rings. The van der Waals surface area contributed by atoms with Gasteiger partial charge in [0.1, 0.15) is 5.82 Å². The van der Waals surface area contributed by atoms with Gasteiger partial charge in [0.2, 0.25) is 0 Å². The molecule has 2 rings (SSSR count). The largest absolute Gasteiger partial charge is 0.388 e. The minimum absolute atomic E-state index is 0.170. The Morgan fingerprint density at radius 2 is 1.84 bits per heavy atom. The lowest BCUT2D eigenvalue weighted by Crippen LogP contribution is -2.03. The molecule has 0 aliphatic heterocycles. The standard InChI is InChI=1S/C14H10BrCl2FO/c15-10-2-4-13(18)9(5-10)7-14(19)8-1-3-11(16)12(17)6-8/h1-6,14,19H,7H2. The van der Waals surface area contributed by atoms with Crippen molar-refractivity contribution in [2.75, 3.05) is 0 Å². The molecule has 19 heavy (non-hydrogen) atoms. The third-order valence-corrected chi connectivity index (χ3v) is 3.98. The topological polar surface area (TPSA) is 20.2 Å². The molecular formula is C14H10BrCl2FO. The van der Waals surface area contributed by atoms with Crippen molar-refractivity contribution in [2.24, 2.45) is 0 Å². The molecule has 0 saturated heterocycles. The molecular weight excluding hydrogens is 354 g/mol. The van der Waals surface area contributed by atoms with Crippen molar-refractivity contribution in [3.63, 3.8) is 0 Å². The van der Waals surface area contributed by atoms with Gasteiger partial charge in [-0.1, -0.05) is 45.2 Å². The van der Waals surface area contributed by atoms with Crippen molar-refractivity contribution in [1.82, 2.24) is 0 Å². The van der Waals surface area contributed by atoms with Crippen LogP contribution in [-0.2, 0) is 6.42 Å². The third-order valence-electron chi connectivity index (χ3n) is 2.75. The first-order valence-corrected chi connectivity index (χ1v) is 7.09. The van der Waals surface area contributed by atoms with Gasteiger partial charge in [-0.3, -0.25) is 0 Å². The summed E-state index contributed by atoms with van der Waals surface area (Å²) in [4.78, 5) is 0. The van der Waals surface area contributed by atoms with E-state index in [1.165, 1.54) is 6.07 Å². The predicted molar refractivity (Wildman–Crippen MR) is 79.2 cm³/mol. The van der Waals surface area contributed by atoms with Crippen LogP contribution in [0.3, 0.4) is 0 Å². The Morgan fingerprint density at radius 1 is 1.11 bits per heavy atom. The maximum atomic E-state index is 13.6. The molecule has 1 N–H and O–H groups in total. The summed E-state index contributed by atoms with van der Waals surface area (Å²) in [6.07, 6.45) is -0.665. The summed E-state index contributed by atoms with van der Waals surface area (Å²) in [6.45, 7) is 0. The average molecular weight is 364 g/mol. The first-order chi connectivity index (χ1) is 8.97. The highest BCUT2D eigenvalue weighted by molar-refractivity contribution is 9.10. The van der Waals surface area contributed by atoms with Crippen LogP contribution in [0, 0.1) is 5.82 Å². The summed E-state index contributed by atoms with van der Waals surface area (Å²) in [6, 6.07) is 9.50. The van der Waals surface area contributed by atoms with E-state index >= 15 is 0 Å². The quantitative estimate of drug-likeness (QED) is 0.797. The van der Waals surface area contributed by atoms with Crippen LogP contribution in [0.4, 0.5) is 4.39 Å². The van der Waals surface area contributed by atoms with Crippen LogP contribution in [0.5, 0.6) is 0 Å². The minimum Gasteiger partial charge on any atom is -0.388 e. The van der Waals surface area contributed by atoms with Gasteiger partial charge in [0.15, 0.2) is 0 Å². The van der Waals surface area contributed by atoms with E-state index in [-0.39, 0.29) is 12.2 Å². The Labute approximate surface area is 129 Å². The zero-order valence-corrected chi connectivity index (χ0v) is 12.8. The van der Waals surface area contributed by atoms with Gasteiger partial charge in [0.05, 0.1) is 16.1 Å². The summed E-state index contributed by atoms with van der Waals surface area (Å²) in [5.41, 5.74) is 1.04. The van der Waals surface area contributed by atoms with Crippen molar-refractivity contribution < 1.29 is 9.50 Å². The molecule has 100 valence electrons. The zero-order chi connectivity index (χ0) is 14.0. The number of aliphatic hydroxyl groups excluding tert-OH is 1. The molecule has 5 heteroatoms. The van der Waals surface area contributed by atoms with Gasteiger partial charge >= 0.3 is 0 Å². The highest BCUT2D eigenvalue weighted by Gasteiger charge is 2.13. The van der Waals surface area contributed by atoms with Crippen LogP contribution in [0.1, 0.15) is 17.2 Å². The van der Waals surface area contributed by atoms with Crippen LogP contribution >= 0.6 is 39.1 Å². The van der Waals surface area contributed by atoms with Crippen LogP contribution in [0.2, 0.25) is 10.0 Å². The summed E-state index contributed by atoms with van der Waals surface area (Å²) in [5, 5.41) is 10.9. The molecule has 0 spiro atoms. The second kappa shape index (κ2) is 6.23. The summed E-state index contributed by atoms with van der Waals surface area (Å²) < 4.78 is 14.4. The molecule has 1 unspecified atom stereocenters. The molecule has 0 saturated carbocycles. The Balaban J connectivity index is 2.22.